The van der Waals surface area contributed by atoms with E-state index in [1.54, 1.807) is 24.3 Å². The van der Waals surface area contributed by atoms with Crippen molar-refractivity contribution in [1.82, 2.24) is 4.90 Å². The molecule has 1 fully saturated rings. The summed E-state index contributed by atoms with van der Waals surface area (Å²) in [6, 6.07) is 13.9. The van der Waals surface area contributed by atoms with Crippen molar-refractivity contribution < 1.29 is 19.5 Å². The number of hydrogen-bond acceptors (Lipinski definition) is 5. The number of aryl methyl sites for hydroxylation is 1. The van der Waals surface area contributed by atoms with E-state index in [0.29, 0.717) is 9.23 Å². The van der Waals surface area contributed by atoms with Crippen LogP contribution in [0.4, 0.5) is 5.69 Å². The number of thiocarbonyl (C=S) groups is 1. The molecule has 0 saturated carbocycles. The van der Waals surface area contributed by atoms with E-state index in [9.17, 15) is 19.5 Å². The molecular formula is C21H18N2O4S2. The van der Waals surface area contributed by atoms with Gasteiger partial charge in [0.15, 0.2) is 0 Å². The molecule has 0 bridgehead atoms. The van der Waals surface area contributed by atoms with Crippen molar-refractivity contribution in [2.45, 2.75) is 6.92 Å². The van der Waals surface area contributed by atoms with E-state index < -0.39 is 11.9 Å². The molecular weight excluding hydrogens is 408 g/mol. The maximum absolute atomic E-state index is 12.8. The minimum Gasteiger partial charge on any atom is -0.478 e. The van der Waals surface area contributed by atoms with Crippen molar-refractivity contribution in [3.8, 4) is 0 Å². The number of carbonyl (C=O) groups excluding carboxylic acids is 2. The summed E-state index contributed by atoms with van der Waals surface area (Å²) in [5.74, 6) is -1.91. The average molecular weight is 427 g/mol. The van der Waals surface area contributed by atoms with Crippen LogP contribution in [-0.4, -0.2) is 45.7 Å². The SMILES string of the molecule is Cc1ccccc1/C=C1\SC(=S)N(CC(=O)N(C)c2ccccc2C(=O)O)C1=O. The predicted octanol–water partition coefficient (Wildman–Crippen LogP) is 3.56. The number of carbonyl (C=O) groups is 3. The van der Waals surface area contributed by atoms with Crippen LogP contribution in [0.1, 0.15) is 21.5 Å². The summed E-state index contributed by atoms with van der Waals surface area (Å²) in [5, 5.41) is 9.33. The molecule has 0 atom stereocenters. The highest BCUT2D eigenvalue weighted by Gasteiger charge is 2.34. The smallest absolute Gasteiger partial charge is 0.337 e. The van der Waals surface area contributed by atoms with Crippen molar-refractivity contribution >= 4 is 57.8 Å². The maximum Gasteiger partial charge on any atom is 0.337 e. The first-order chi connectivity index (χ1) is 13.8. The highest BCUT2D eigenvalue weighted by molar-refractivity contribution is 8.26. The molecule has 0 aliphatic carbocycles. The highest BCUT2D eigenvalue weighted by atomic mass is 32.2. The third-order valence-electron chi connectivity index (χ3n) is 4.51. The van der Waals surface area contributed by atoms with Gasteiger partial charge < -0.3 is 10.0 Å². The Hall–Kier alpha value is -2.97. The molecule has 3 rings (SSSR count). The van der Waals surface area contributed by atoms with Crippen LogP contribution in [-0.2, 0) is 9.59 Å². The van der Waals surface area contributed by atoms with Crippen LogP contribution in [0.25, 0.3) is 6.08 Å². The number of anilines is 1. The monoisotopic (exact) mass is 426 g/mol. The standard InChI is InChI=1S/C21H18N2O4S2/c1-13-7-3-4-8-14(13)11-17-19(25)23(21(28)29-17)12-18(24)22(2)16-10-6-5-9-15(16)20(26)27/h3-11H,12H2,1-2H3,(H,26,27)/b17-11-. The quantitative estimate of drug-likeness (QED) is 0.582. The molecule has 2 aromatic carbocycles. The molecule has 0 spiro atoms. The lowest BCUT2D eigenvalue weighted by Crippen LogP contribution is -2.40. The number of carboxylic acid groups (broad SMARTS) is 1. The number of rotatable bonds is 5. The van der Waals surface area contributed by atoms with Crippen LogP contribution in [0.3, 0.4) is 0 Å². The molecule has 29 heavy (non-hydrogen) atoms. The summed E-state index contributed by atoms with van der Waals surface area (Å²) >= 11 is 6.44. The first-order valence-electron chi connectivity index (χ1n) is 8.69. The van der Waals surface area contributed by atoms with Crippen LogP contribution >= 0.6 is 24.0 Å². The van der Waals surface area contributed by atoms with Crippen LogP contribution in [0, 0.1) is 6.92 Å². The lowest BCUT2D eigenvalue weighted by atomic mass is 10.1. The largest absolute Gasteiger partial charge is 0.478 e. The fourth-order valence-electron chi connectivity index (χ4n) is 2.85. The summed E-state index contributed by atoms with van der Waals surface area (Å²) in [5.41, 5.74) is 2.20. The van der Waals surface area contributed by atoms with E-state index in [1.165, 1.54) is 22.9 Å². The van der Waals surface area contributed by atoms with Crippen LogP contribution in [0.2, 0.25) is 0 Å². The minimum atomic E-state index is -1.13. The van der Waals surface area contributed by atoms with Gasteiger partial charge in [-0.05, 0) is 36.3 Å². The third-order valence-corrected chi connectivity index (χ3v) is 5.89. The Bertz CT molecular complexity index is 1050. The summed E-state index contributed by atoms with van der Waals surface area (Å²) in [4.78, 5) is 39.8. The fourth-order valence-corrected chi connectivity index (χ4v) is 4.09. The molecule has 148 valence electrons. The second-order valence-corrected chi connectivity index (χ2v) is 8.08. The second-order valence-electron chi connectivity index (χ2n) is 6.40. The minimum absolute atomic E-state index is 0.00758. The van der Waals surface area contributed by atoms with E-state index in [4.69, 9.17) is 12.2 Å². The van der Waals surface area contributed by atoms with Gasteiger partial charge in [0.1, 0.15) is 10.9 Å². The molecule has 1 heterocycles. The van der Waals surface area contributed by atoms with Crippen molar-refractivity contribution in [3.05, 3.63) is 70.1 Å². The maximum atomic E-state index is 12.8. The van der Waals surface area contributed by atoms with Gasteiger partial charge in [0.25, 0.3) is 5.91 Å². The van der Waals surface area contributed by atoms with E-state index in [0.717, 1.165) is 22.9 Å². The van der Waals surface area contributed by atoms with E-state index in [2.05, 4.69) is 0 Å². The Morgan fingerprint density at radius 3 is 2.52 bits per heavy atom. The molecule has 8 heteroatoms. The molecule has 0 aromatic heterocycles. The number of hydrogen-bond donors (Lipinski definition) is 1. The Morgan fingerprint density at radius 1 is 1.17 bits per heavy atom. The number of benzene rings is 2. The van der Waals surface area contributed by atoms with Crippen molar-refractivity contribution in [2.75, 3.05) is 18.5 Å². The Balaban J connectivity index is 1.79. The predicted molar refractivity (Wildman–Crippen MR) is 118 cm³/mol. The molecule has 1 aliphatic heterocycles. The Kier molecular flexibility index (Phi) is 6.14. The molecule has 2 aromatic rings. The second kappa shape index (κ2) is 8.59. The summed E-state index contributed by atoms with van der Waals surface area (Å²) < 4.78 is 0.295. The lowest BCUT2D eigenvalue weighted by Gasteiger charge is -2.22. The topological polar surface area (TPSA) is 77.9 Å². The third kappa shape index (κ3) is 4.38. The van der Waals surface area contributed by atoms with Crippen molar-refractivity contribution in [2.24, 2.45) is 0 Å². The van der Waals surface area contributed by atoms with Gasteiger partial charge in [-0.3, -0.25) is 14.5 Å². The van der Waals surface area contributed by atoms with Gasteiger partial charge in [0.05, 0.1) is 16.2 Å². The van der Waals surface area contributed by atoms with Crippen molar-refractivity contribution in [3.63, 3.8) is 0 Å². The number of aromatic carboxylic acids is 1. The number of amides is 2. The summed E-state index contributed by atoms with van der Waals surface area (Å²) in [7, 11) is 1.48. The molecule has 2 amide bonds. The normalized spacial score (nSPS) is 15.1. The number of likely N-dealkylation sites (N-methyl/N-ethyl adjacent to an activating group) is 1. The number of thioether (sulfide) groups is 1. The van der Waals surface area contributed by atoms with Gasteiger partial charge in [0.2, 0.25) is 5.91 Å². The number of para-hydroxylation sites is 1. The molecule has 6 nitrogen and oxygen atoms in total. The number of carboxylic acids is 1. The molecule has 1 saturated heterocycles. The molecule has 1 aliphatic rings. The molecule has 0 unspecified atom stereocenters. The Labute approximate surface area is 177 Å². The van der Waals surface area contributed by atoms with Gasteiger partial charge in [-0.25, -0.2) is 4.79 Å². The van der Waals surface area contributed by atoms with Gasteiger partial charge >= 0.3 is 5.97 Å². The van der Waals surface area contributed by atoms with Crippen molar-refractivity contribution in [1.29, 1.82) is 0 Å². The number of nitrogens with zero attached hydrogens (tertiary/aromatic N) is 2. The zero-order valence-corrected chi connectivity index (χ0v) is 17.4. The fraction of sp³-hybridized carbons (Fsp3) is 0.143. The average Bonchev–Trinajstić information content (AvgIpc) is 2.96. The van der Waals surface area contributed by atoms with E-state index in [-0.39, 0.29) is 23.7 Å². The first kappa shape index (κ1) is 20.8. The Morgan fingerprint density at radius 2 is 1.83 bits per heavy atom. The summed E-state index contributed by atoms with van der Waals surface area (Å²) in [6.07, 6.45) is 1.77. The molecule has 0 radical (unpaired) electrons. The molecule has 1 N–H and O–H groups in total. The van der Waals surface area contributed by atoms with Crippen LogP contribution in [0.15, 0.2) is 53.4 Å². The lowest BCUT2D eigenvalue weighted by molar-refractivity contribution is -0.127. The van der Waals surface area contributed by atoms with Crippen LogP contribution < -0.4 is 4.90 Å². The van der Waals surface area contributed by atoms with Gasteiger partial charge in [0, 0.05) is 7.05 Å². The first-order valence-corrected chi connectivity index (χ1v) is 9.92. The van der Waals surface area contributed by atoms with Gasteiger partial charge in [-0.15, -0.1) is 0 Å². The zero-order chi connectivity index (χ0) is 21.1. The van der Waals surface area contributed by atoms with E-state index in [1.807, 2.05) is 31.2 Å². The summed E-state index contributed by atoms with van der Waals surface area (Å²) in [6.45, 7) is 1.69. The van der Waals surface area contributed by atoms with E-state index >= 15 is 0 Å². The highest BCUT2D eigenvalue weighted by Crippen LogP contribution is 2.33. The zero-order valence-electron chi connectivity index (χ0n) is 15.8. The van der Waals surface area contributed by atoms with Gasteiger partial charge in [-0.1, -0.05) is 60.4 Å². The van der Waals surface area contributed by atoms with Gasteiger partial charge in [-0.2, -0.15) is 0 Å². The van der Waals surface area contributed by atoms with Crippen LogP contribution in [0.5, 0.6) is 0 Å².